The third-order valence-electron chi connectivity index (χ3n) is 3.12. The van der Waals surface area contributed by atoms with Gasteiger partial charge in [-0.2, -0.15) is 26.3 Å². The molecule has 0 saturated carbocycles. The predicted octanol–water partition coefficient (Wildman–Crippen LogP) is 6.05. The van der Waals surface area contributed by atoms with E-state index >= 15 is 0 Å². The van der Waals surface area contributed by atoms with Gasteiger partial charge in [0, 0.05) is 10.7 Å². The molecule has 0 radical (unpaired) electrons. The molecule has 0 unspecified atom stereocenters. The van der Waals surface area contributed by atoms with Gasteiger partial charge in [0.15, 0.2) is 6.61 Å². The summed E-state index contributed by atoms with van der Waals surface area (Å²) in [4.78, 5) is 11.8. The van der Waals surface area contributed by atoms with Gasteiger partial charge >= 0.3 is 12.4 Å². The molecule has 0 heterocycles. The fourth-order valence-corrected chi connectivity index (χ4v) is 2.42. The zero-order chi connectivity index (χ0) is 20.4. The SMILES string of the molecule is O=C(COc1ccc(Cl)cc1Cl)Nc1cc(C(F)(F)F)cc(C(F)(F)F)c1. The van der Waals surface area contributed by atoms with Crippen LogP contribution < -0.4 is 10.1 Å². The molecule has 2 aromatic carbocycles. The third kappa shape index (κ3) is 5.93. The van der Waals surface area contributed by atoms with E-state index < -0.39 is 41.7 Å². The maximum Gasteiger partial charge on any atom is 0.416 e. The smallest absolute Gasteiger partial charge is 0.416 e. The van der Waals surface area contributed by atoms with Crippen molar-refractivity contribution in [3.05, 3.63) is 57.6 Å². The number of rotatable bonds is 4. The Labute approximate surface area is 158 Å². The maximum atomic E-state index is 12.8. The van der Waals surface area contributed by atoms with Gasteiger partial charge in [0.25, 0.3) is 5.91 Å². The van der Waals surface area contributed by atoms with Gasteiger partial charge in [0.1, 0.15) is 5.75 Å². The van der Waals surface area contributed by atoms with Gasteiger partial charge in [-0.3, -0.25) is 4.79 Å². The number of carbonyl (C=O) groups is 1. The molecule has 1 N–H and O–H groups in total. The van der Waals surface area contributed by atoms with Gasteiger partial charge in [-0.05, 0) is 36.4 Å². The molecule has 0 saturated heterocycles. The van der Waals surface area contributed by atoms with Crippen molar-refractivity contribution in [2.45, 2.75) is 12.4 Å². The average molecular weight is 432 g/mol. The molecule has 2 rings (SSSR count). The molecule has 146 valence electrons. The van der Waals surface area contributed by atoms with Crippen LogP contribution in [-0.2, 0) is 17.1 Å². The summed E-state index contributed by atoms with van der Waals surface area (Å²) < 4.78 is 81.8. The monoisotopic (exact) mass is 431 g/mol. The van der Waals surface area contributed by atoms with E-state index in [-0.39, 0.29) is 16.8 Å². The summed E-state index contributed by atoms with van der Waals surface area (Å²) in [5, 5.41) is 2.32. The fraction of sp³-hybridized carbons (Fsp3) is 0.188. The first kappa shape index (κ1) is 21.2. The van der Waals surface area contributed by atoms with E-state index in [0.717, 1.165) is 0 Å². The Morgan fingerprint density at radius 3 is 1.96 bits per heavy atom. The van der Waals surface area contributed by atoms with Gasteiger partial charge in [0.2, 0.25) is 0 Å². The quantitative estimate of drug-likeness (QED) is 0.598. The normalized spacial score (nSPS) is 12.0. The molecule has 0 aliphatic heterocycles. The first-order valence-corrected chi connectivity index (χ1v) is 7.79. The molecule has 0 atom stereocenters. The lowest BCUT2D eigenvalue weighted by Gasteiger charge is -2.15. The lowest BCUT2D eigenvalue weighted by Crippen LogP contribution is -2.21. The van der Waals surface area contributed by atoms with Gasteiger partial charge < -0.3 is 10.1 Å². The number of anilines is 1. The molecule has 27 heavy (non-hydrogen) atoms. The van der Waals surface area contributed by atoms with Crippen molar-refractivity contribution in [2.24, 2.45) is 0 Å². The Kier molecular flexibility index (Phi) is 6.16. The van der Waals surface area contributed by atoms with Crippen LogP contribution in [0.3, 0.4) is 0 Å². The van der Waals surface area contributed by atoms with Crippen LogP contribution in [0.5, 0.6) is 5.75 Å². The number of hydrogen-bond acceptors (Lipinski definition) is 2. The molecule has 0 bridgehead atoms. The van der Waals surface area contributed by atoms with Crippen molar-refractivity contribution in [3.63, 3.8) is 0 Å². The summed E-state index contributed by atoms with van der Waals surface area (Å²) in [6.07, 6.45) is -10.0. The van der Waals surface area contributed by atoms with Crippen LogP contribution in [0.15, 0.2) is 36.4 Å². The highest BCUT2D eigenvalue weighted by atomic mass is 35.5. The van der Waals surface area contributed by atoms with Crippen LogP contribution in [0.1, 0.15) is 11.1 Å². The van der Waals surface area contributed by atoms with Gasteiger partial charge in [0.05, 0.1) is 16.1 Å². The Balaban J connectivity index is 2.16. The second kappa shape index (κ2) is 7.85. The first-order valence-electron chi connectivity index (χ1n) is 7.03. The van der Waals surface area contributed by atoms with E-state index in [1.165, 1.54) is 18.2 Å². The predicted molar refractivity (Wildman–Crippen MR) is 87.0 cm³/mol. The first-order chi connectivity index (χ1) is 12.4. The third-order valence-corrected chi connectivity index (χ3v) is 3.65. The largest absolute Gasteiger partial charge is 0.482 e. The van der Waals surface area contributed by atoms with Crippen LogP contribution in [0.25, 0.3) is 0 Å². The van der Waals surface area contributed by atoms with Gasteiger partial charge in [-0.1, -0.05) is 23.2 Å². The Morgan fingerprint density at radius 1 is 0.926 bits per heavy atom. The second-order valence-electron chi connectivity index (χ2n) is 5.21. The van der Waals surface area contributed by atoms with Gasteiger partial charge in [-0.25, -0.2) is 0 Å². The molecule has 0 aromatic heterocycles. The van der Waals surface area contributed by atoms with Crippen molar-refractivity contribution in [2.75, 3.05) is 11.9 Å². The summed E-state index contributed by atoms with van der Waals surface area (Å²) in [6, 6.07) is 4.84. The highest BCUT2D eigenvalue weighted by molar-refractivity contribution is 6.35. The highest BCUT2D eigenvalue weighted by Crippen LogP contribution is 2.37. The molecule has 0 aliphatic carbocycles. The van der Waals surface area contributed by atoms with E-state index in [0.29, 0.717) is 17.2 Å². The van der Waals surface area contributed by atoms with Crippen LogP contribution in [0, 0.1) is 0 Å². The van der Waals surface area contributed by atoms with Gasteiger partial charge in [-0.15, -0.1) is 0 Å². The lowest BCUT2D eigenvalue weighted by atomic mass is 10.1. The summed E-state index contributed by atoms with van der Waals surface area (Å²) >= 11 is 11.5. The minimum atomic E-state index is -5.02. The number of alkyl halides is 6. The topological polar surface area (TPSA) is 38.3 Å². The van der Waals surface area contributed by atoms with Crippen LogP contribution in [0.4, 0.5) is 32.0 Å². The molecule has 0 spiro atoms. The Morgan fingerprint density at radius 2 is 1.48 bits per heavy atom. The van der Waals surface area contributed by atoms with E-state index in [9.17, 15) is 31.1 Å². The minimum absolute atomic E-state index is 0.0420. The van der Waals surface area contributed by atoms with Crippen molar-refractivity contribution in [3.8, 4) is 5.75 Å². The average Bonchev–Trinajstić information content (AvgIpc) is 2.52. The van der Waals surface area contributed by atoms with Crippen molar-refractivity contribution in [1.29, 1.82) is 0 Å². The Bertz CT molecular complexity index is 820. The summed E-state index contributed by atoms with van der Waals surface area (Å²) in [5.74, 6) is -0.912. The molecule has 2 aromatic rings. The van der Waals surface area contributed by atoms with Crippen molar-refractivity contribution >= 4 is 34.8 Å². The number of ether oxygens (including phenoxy) is 1. The lowest BCUT2D eigenvalue weighted by molar-refractivity contribution is -0.143. The molecule has 11 heteroatoms. The molecule has 1 amide bonds. The van der Waals surface area contributed by atoms with Crippen LogP contribution in [0.2, 0.25) is 10.0 Å². The molecule has 3 nitrogen and oxygen atoms in total. The highest BCUT2D eigenvalue weighted by Gasteiger charge is 2.37. The minimum Gasteiger partial charge on any atom is -0.482 e. The van der Waals surface area contributed by atoms with E-state index in [4.69, 9.17) is 27.9 Å². The number of amides is 1. The van der Waals surface area contributed by atoms with Crippen molar-refractivity contribution in [1.82, 2.24) is 0 Å². The zero-order valence-corrected chi connectivity index (χ0v) is 14.5. The summed E-state index contributed by atoms with van der Waals surface area (Å²) in [7, 11) is 0. The summed E-state index contributed by atoms with van der Waals surface area (Å²) in [6.45, 7) is -0.695. The number of carbonyl (C=O) groups excluding carboxylic acids is 1. The standard InChI is InChI=1S/C16H9Cl2F6NO2/c17-10-1-2-13(12(18)6-10)27-7-14(26)25-11-4-8(15(19,20)21)3-9(5-11)16(22,23)24/h1-6H,7H2,(H,25,26). The summed E-state index contributed by atoms with van der Waals surface area (Å²) in [5.41, 5.74) is -3.77. The Hall–Kier alpha value is -2.13. The number of halogens is 8. The fourth-order valence-electron chi connectivity index (χ4n) is 1.96. The van der Waals surface area contributed by atoms with Crippen LogP contribution >= 0.6 is 23.2 Å². The van der Waals surface area contributed by atoms with E-state index in [2.05, 4.69) is 0 Å². The van der Waals surface area contributed by atoms with E-state index in [1.54, 1.807) is 0 Å². The second-order valence-corrected chi connectivity index (χ2v) is 6.05. The van der Waals surface area contributed by atoms with E-state index in [1.807, 2.05) is 5.32 Å². The van der Waals surface area contributed by atoms with Crippen molar-refractivity contribution < 1.29 is 35.9 Å². The number of nitrogens with one attached hydrogen (secondary N) is 1. The van der Waals surface area contributed by atoms with Crippen LogP contribution in [-0.4, -0.2) is 12.5 Å². The zero-order valence-electron chi connectivity index (χ0n) is 13.0. The molecular weight excluding hydrogens is 423 g/mol. The molecule has 0 aliphatic rings. The number of benzene rings is 2. The number of hydrogen-bond donors (Lipinski definition) is 1. The molecular formula is C16H9Cl2F6NO2. The maximum absolute atomic E-state index is 12.8. The molecule has 0 fully saturated rings.